The Hall–Kier alpha value is -4.20. The van der Waals surface area contributed by atoms with Crippen LogP contribution in [0.3, 0.4) is 0 Å². The van der Waals surface area contributed by atoms with Crippen LogP contribution in [0.4, 0.5) is 5.13 Å². The molecule has 0 atom stereocenters. The molecule has 13 heteroatoms. The summed E-state index contributed by atoms with van der Waals surface area (Å²) in [5, 5.41) is 6.04. The topological polar surface area (TPSA) is 120 Å². The van der Waals surface area contributed by atoms with E-state index in [2.05, 4.69) is 10.1 Å². The maximum absolute atomic E-state index is 13.9. The van der Waals surface area contributed by atoms with Crippen molar-refractivity contribution in [3.05, 3.63) is 65.7 Å². The Bertz CT molecular complexity index is 1720. The van der Waals surface area contributed by atoms with Crippen molar-refractivity contribution in [1.29, 1.82) is 0 Å². The summed E-state index contributed by atoms with van der Waals surface area (Å²) >= 11 is 1.27. The number of ether oxygens (including phenoxy) is 4. The van der Waals surface area contributed by atoms with Crippen molar-refractivity contribution in [3.63, 3.8) is 0 Å². The first kappa shape index (κ1) is 30.3. The number of anilines is 1. The Labute approximate surface area is 254 Å². The molecule has 0 bridgehead atoms. The van der Waals surface area contributed by atoms with E-state index in [0.717, 1.165) is 24.0 Å². The van der Waals surface area contributed by atoms with Gasteiger partial charge in [-0.1, -0.05) is 17.8 Å². The van der Waals surface area contributed by atoms with Gasteiger partial charge in [0.15, 0.2) is 11.5 Å². The van der Waals surface area contributed by atoms with Gasteiger partial charge in [-0.25, -0.2) is 13.4 Å². The van der Waals surface area contributed by atoms with Gasteiger partial charge in [0.2, 0.25) is 20.9 Å². The minimum absolute atomic E-state index is 0.144. The van der Waals surface area contributed by atoms with E-state index in [1.807, 2.05) is 6.07 Å². The zero-order chi connectivity index (χ0) is 30.6. The summed E-state index contributed by atoms with van der Waals surface area (Å²) in [6.45, 7) is 0.990. The first-order valence-electron chi connectivity index (χ1n) is 13.5. The van der Waals surface area contributed by atoms with E-state index in [4.69, 9.17) is 18.9 Å². The molecule has 1 amide bonds. The summed E-state index contributed by atoms with van der Waals surface area (Å²) in [6.07, 6.45) is 4.18. The predicted octanol–water partition coefficient (Wildman–Crippen LogP) is 5.19. The number of rotatable bonds is 10. The maximum atomic E-state index is 13.9. The van der Waals surface area contributed by atoms with E-state index < -0.39 is 15.9 Å². The predicted molar refractivity (Wildman–Crippen MR) is 166 cm³/mol. The molecule has 0 aliphatic carbocycles. The number of sulfonamides is 1. The van der Waals surface area contributed by atoms with Gasteiger partial charge < -0.3 is 18.9 Å². The molecule has 1 aliphatic rings. The van der Waals surface area contributed by atoms with Crippen molar-refractivity contribution in [2.45, 2.75) is 24.2 Å². The Kier molecular flexibility index (Phi) is 9.14. The van der Waals surface area contributed by atoms with E-state index in [9.17, 15) is 13.2 Å². The number of benzene rings is 3. The number of carbonyl (C=O) groups excluding carboxylic acids is 1. The van der Waals surface area contributed by atoms with Crippen LogP contribution >= 0.6 is 11.3 Å². The SMILES string of the molecule is COc1ccc2nc(N(/N=C/c3cc(OC)c(OC)c(OC)c3)C(=O)c3ccc(S(=O)(=O)N4CCCCC4)cc3)sc2c1. The highest BCUT2D eigenvalue weighted by Gasteiger charge is 2.27. The van der Waals surface area contributed by atoms with Crippen LogP contribution in [0, 0.1) is 0 Å². The number of piperidine rings is 1. The van der Waals surface area contributed by atoms with Crippen LogP contribution in [-0.4, -0.2) is 71.4 Å². The third-order valence-electron chi connectivity index (χ3n) is 7.02. The van der Waals surface area contributed by atoms with Gasteiger partial charge in [-0.05, 0) is 67.4 Å². The highest BCUT2D eigenvalue weighted by Crippen LogP contribution is 2.38. The third kappa shape index (κ3) is 6.28. The molecular weight excluding hydrogens is 592 g/mol. The zero-order valence-electron chi connectivity index (χ0n) is 24.3. The van der Waals surface area contributed by atoms with Crippen LogP contribution in [0.2, 0.25) is 0 Å². The van der Waals surface area contributed by atoms with Crippen molar-refractivity contribution in [1.82, 2.24) is 9.29 Å². The molecule has 0 N–H and O–H groups in total. The number of carbonyl (C=O) groups is 1. The van der Waals surface area contributed by atoms with Gasteiger partial charge in [-0.3, -0.25) is 4.79 Å². The molecular formula is C30H32N4O7S2. The number of methoxy groups -OCH3 is 4. The average Bonchev–Trinajstić information content (AvgIpc) is 3.47. The first-order valence-corrected chi connectivity index (χ1v) is 15.8. The molecule has 1 aromatic heterocycles. The zero-order valence-corrected chi connectivity index (χ0v) is 25.9. The van der Waals surface area contributed by atoms with Crippen molar-refractivity contribution in [2.75, 3.05) is 46.5 Å². The van der Waals surface area contributed by atoms with Crippen LogP contribution in [0.1, 0.15) is 35.2 Å². The number of thiazole rings is 1. The minimum atomic E-state index is -3.64. The molecule has 1 aliphatic heterocycles. The van der Waals surface area contributed by atoms with Gasteiger partial charge in [0.05, 0.1) is 49.8 Å². The minimum Gasteiger partial charge on any atom is -0.497 e. The standard InChI is InChI=1S/C30H32N4O7S2/c1-38-22-10-13-24-27(18-22)42-30(32-24)34(31-19-20-16-25(39-2)28(41-4)26(17-20)40-3)29(35)21-8-11-23(12-9-21)43(36,37)33-14-6-5-7-15-33/h8-13,16-19H,5-7,14-15H2,1-4H3/b31-19+. The third-order valence-corrected chi connectivity index (χ3v) is 9.93. The van der Waals surface area contributed by atoms with Crippen molar-refractivity contribution < 1.29 is 32.2 Å². The summed E-state index contributed by atoms with van der Waals surface area (Å²) in [5.74, 6) is 1.45. The monoisotopic (exact) mass is 624 g/mol. The number of fused-ring (bicyclic) bond motifs is 1. The molecule has 0 unspecified atom stereocenters. The molecule has 1 fully saturated rings. The van der Waals surface area contributed by atoms with Crippen molar-refractivity contribution in [3.8, 4) is 23.0 Å². The van der Waals surface area contributed by atoms with E-state index in [1.165, 1.54) is 72.5 Å². The van der Waals surface area contributed by atoms with Gasteiger partial charge in [-0.15, -0.1) is 0 Å². The highest BCUT2D eigenvalue weighted by atomic mass is 32.2. The summed E-state index contributed by atoms with van der Waals surface area (Å²) in [7, 11) is 2.47. The van der Waals surface area contributed by atoms with Crippen molar-refractivity contribution in [2.24, 2.45) is 5.10 Å². The van der Waals surface area contributed by atoms with E-state index in [-0.39, 0.29) is 10.5 Å². The van der Waals surface area contributed by atoms with Crippen LogP contribution in [-0.2, 0) is 10.0 Å². The van der Waals surface area contributed by atoms with Crippen LogP contribution in [0.25, 0.3) is 10.2 Å². The normalized spacial score (nSPS) is 14.1. The quantitative estimate of drug-likeness (QED) is 0.175. The van der Waals surface area contributed by atoms with E-state index in [1.54, 1.807) is 31.4 Å². The van der Waals surface area contributed by atoms with Gasteiger partial charge in [0.25, 0.3) is 5.91 Å². The lowest BCUT2D eigenvalue weighted by Crippen LogP contribution is -2.35. The largest absolute Gasteiger partial charge is 0.497 e. The lowest BCUT2D eigenvalue weighted by atomic mass is 10.2. The summed E-state index contributed by atoms with van der Waals surface area (Å²) in [4.78, 5) is 18.7. The summed E-state index contributed by atoms with van der Waals surface area (Å²) in [6, 6.07) is 14.8. The second-order valence-corrected chi connectivity index (χ2v) is 12.6. The molecule has 1 saturated heterocycles. The molecule has 0 spiro atoms. The smallest absolute Gasteiger partial charge is 0.280 e. The number of nitrogens with zero attached hydrogens (tertiary/aromatic N) is 4. The molecule has 0 radical (unpaired) electrons. The Morgan fingerprint density at radius 2 is 1.58 bits per heavy atom. The molecule has 2 heterocycles. The van der Waals surface area contributed by atoms with Gasteiger partial charge in [0, 0.05) is 24.2 Å². The second-order valence-electron chi connectivity index (χ2n) is 9.64. The fourth-order valence-electron chi connectivity index (χ4n) is 4.75. The molecule has 43 heavy (non-hydrogen) atoms. The molecule has 226 valence electrons. The van der Waals surface area contributed by atoms with E-state index >= 15 is 0 Å². The van der Waals surface area contributed by atoms with Crippen LogP contribution in [0.5, 0.6) is 23.0 Å². The molecule has 3 aromatic carbocycles. The Balaban J connectivity index is 1.52. The van der Waals surface area contributed by atoms with Crippen molar-refractivity contribution >= 4 is 48.8 Å². The Morgan fingerprint density at radius 1 is 0.907 bits per heavy atom. The molecule has 5 rings (SSSR count). The molecule has 0 saturated carbocycles. The lowest BCUT2D eigenvalue weighted by Gasteiger charge is -2.25. The van der Waals surface area contributed by atoms with Crippen LogP contribution < -0.4 is 24.0 Å². The number of hydrazone groups is 1. The fraction of sp³-hybridized carbons (Fsp3) is 0.300. The van der Waals surface area contributed by atoms with Gasteiger partial charge >= 0.3 is 0 Å². The fourth-order valence-corrected chi connectivity index (χ4v) is 7.21. The Morgan fingerprint density at radius 3 is 2.19 bits per heavy atom. The number of aromatic nitrogens is 1. The molecule has 11 nitrogen and oxygen atoms in total. The lowest BCUT2D eigenvalue weighted by molar-refractivity contribution is 0.0987. The first-order chi connectivity index (χ1) is 20.8. The van der Waals surface area contributed by atoms with Gasteiger partial charge in [-0.2, -0.15) is 14.4 Å². The van der Waals surface area contributed by atoms with Crippen LogP contribution in [0.15, 0.2) is 64.6 Å². The second kappa shape index (κ2) is 13.0. The average molecular weight is 625 g/mol. The maximum Gasteiger partial charge on any atom is 0.280 e. The highest BCUT2D eigenvalue weighted by molar-refractivity contribution is 7.89. The number of amides is 1. The summed E-state index contributed by atoms with van der Waals surface area (Å²) < 4.78 is 50.2. The van der Waals surface area contributed by atoms with E-state index in [0.29, 0.717) is 52.3 Å². The van der Waals surface area contributed by atoms with Gasteiger partial charge in [0.1, 0.15) is 5.75 Å². The molecule has 4 aromatic rings. The number of hydrogen-bond acceptors (Lipinski definition) is 10. The summed E-state index contributed by atoms with van der Waals surface area (Å²) in [5.41, 5.74) is 1.50. The number of hydrogen-bond donors (Lipinski definition) is 0.